The van der Waals surface area contributed by atoms with E-state index in [1.165, 1.54) is 61.7 Å². The Hall–Kier alpha value is -2.56. The molecule has 2 aromatic carbocycles. The highest BCUT2D eigenvalue weighted by Gasteiger charge is 2.11. The molecule has 30 heavy (non-hydrogen) atoms. The fraction of sp³-hybridized carbons (Fsp3) is 0.520. The highest BCUT2D eigenvalue weighted by atomic mass is 16.5. The average molecular weight is 410 g/mol. The van der Waals surface area contributed by atoms with E-state index < -0.39 is 0 Å². The Bertz CT molecular complexity index is 920. The molecule has 3 aromatic rings. The molecule has 0 bridgehead atoms. The van der Waals surface area contributed by atoms with Crippen LogP contribution in [-0.4, -0.2) is 26.7 Å². The molecular weight excluding hydrogens is 374 g/mol. The van der Waals surface area contributed by atoms with E-state index in [1.54, 1.807) is 6.07 Å². The molecule has 0 atom stereocenters. The van der Waals surface area contributed by atoms with Crippen molar-refractivity contribution in [2.45, 2.75) is 78.1 Å². The van der Waals surface area contributed by atoms with Crippen molar-refractivity contribution < 1.29 is 9.84 Å². The summed E-state index contributed by atoms with van der Waals surface area (Å²) in [5.41, 5.74) is 3.38. The first-order chi connectivity index (χ1) is 14.7. The molecule has 1 aromatic heterocycles. The number of hydrogen-bond donors (Lipinski definition) is 1. The van der Waals surface area contributed by atoms with E-state index in [0.29, 0.717) is 12.3 Å². The standard InChI is InChI=1S/C25H35N3O2/c1-3-5-6-7-8-9-10-11-12-20-13-16-25(29)24(18-20)28-26-22-15-14-21(30-17-4-2)19-23(22)27-28/h13-16,18-19,29H,3-12,17H2,1-2H3. The Morgan fingerprint density at radius 3 is 2.30 bits per heavy atom. The summed E-state index contributed by atoms with van der Waals surface area (Å²) in [7, 11) is 0. The molecule has 0 amide bonds. The van der Waals surface area contributed by atoms with Gasteiger partial charge in [-0.05, 0) is 49.1 Å². The van der Waals surface area contributed by atoms with Gasteiger partial charge in [0, 0.05) is 6.07 Å². The second-order valence-corrected chi connectivity index (χ2v) is 8.04. The van der Waals surface area contributed by atoms with Gasteiger partial charge in [-0.25, -0.2) is 0 Å². The number of ether oxygens (including phenoxy) is 1. The average Bonchev–Trinajstić information content (AvgIpc) is 3.18. The molecule has 0 spiro atoms. The maximum absolute atomic E-state index is 10.4. The molecule has 1 N–H and O–H groups in total. The Morgan fingerprint density at radius 1 is 0.800 bits per heavy atom. The first kappa shape index (κ1) is 22.1. The summed E-state index contributed by atoms with van der Waals surface area (Å²) in [5.74, 6) is 0.988. The number of aryl methyl sites for hydroxylation is 1. The van der Waals surface area contributed by atoms with Crippen LogP contribution in [0.2, 0.25) is 0 Å². The summed E-state index contributed by atoms with van der Waals surface area (Å²) in [4.78, 5) is 1.53. The van der Waals surface area contributed by atoms with Crippen molar-refractivity contribution in [2.24, 2.45) is 0 Å². The summed E-state index contributed by atoms with van der Waals surface area (Å²) in [5, 5.41) is 19.5. The van der Waals surface area contributed by atoms with Gasteiger partial charge in [-0.3, -0.25) is 0 Å². The molecule has 0 fully saturated rings. The molecule has 162 valence electrons. The maximum atomic E-state index is 10.4. The zero-order valence-electron chi connectivity index (χ0n) is 18.4. The summed E-state index contributed by atoms with van der Waals surface area (Å²) in [6.45, 7) is 5.02. The fourth-order valence-corrected chi connectivity index (χ4v) is 3.66. The second-order valence-electron chi connectivity index (χ2n) is 8.04. The highest BCUT2D eigenvalue weighted by Crippen LogP contribution is 2.25. The number of benzene rings is 2. The Labute approximate surface area is 180 Å². The summed E-state index contributed by atoms with van der Waals surface area (Å²) in [6, 6.07) is 11.5. The number of phenolic OH excluding ortho intramolecular Hbond substituents is 1. The smallest absolute Gasteiger partial charge is 0.143 e. The van der Waals surface area contributed by atoms with Crippen LogP contribution in [0.1, 0.15) is 77.2 Å². The number of nitrogens with zero attached hydrogens (tertiary/aromatic N) is 3. The maximum Gasteiger partial charge on any atom is 0.143 e. The lowest BCUT2D eigenvalue weighted by Gasteiger charge is -2.07. The number of fused-ring (bicyclic) bond motifs is 1. The number of aromatic hydroxyl groups is 1. The summed E-state index contributed by atoms with van der Waals surface area (Å²) >= 11 is 0. The normalized spacial score (nSPS) is 11.3. The van der Waals surface area contributed by atoms with Gasteiger partial charge in [0.05, 0.1) is 6.61 Å². The van der Waals surface area contributed by atoms with Crippen molar-refractivity contribution in [1.82, 2.24) is 15.0 Å². The Balaban J connectivity index is 1.60. The Morgan fingerprint density at radius 2 is 1.53 bits per heavy atom. The van der Waals surface area contributed by atoms with E-state index in [1.807, 2.05) is 30.3 Å². The van der Waals surface area contributed by atoms with Crippen LogP contribution in [0.5, 0.6) is 11.5 Å². The first-order valence-corrected chi connectivity index (χ1v) is 11.5. The zero-order chi connectivity index (χ0) is 21.2. The molecule has 3 rings (SSSR count). The SMILES string of the molecule is CCCCCCCCCCc1ccc(O)c(-n2nc3ccc(OCCC)cc3n2)c1. The van der Waals surface area contributed by atoms with Gasteiger partial charge in [0.2, 0.25) is 0 Å². The van der Waals surface area contributed by atoms with Gasteiger partial charge in [0.25, 0.3) is 0 Å². The molecule has 0 unspecified atom stereocenters. The molecule has 0 radical (unpaired) electrons. The number of phenols is 1. The van der Waals surface area contributed by atoms with E-state index >= 15 is 0 Å². The van der Waals surface area contributed by atoms with Crippen molar-refractivity contribution in [2.75, 3.05) is 6.61 Å². The second kappa shape index (κ2) is 11.6. The van der Waals surface area contributed by atoms with Crippen molar-refractivity contribution in [3.63, 3.8) is 0 Å². The predicted octanol–water partition coefficient (Wildman–Crippen LogP) is 6.60. The largest absolute Gasteiger partial charge is 0.506 e. The minimum absolute atomic E-state index is 0.192. The lowest BCUT2D eigenvalue weighted by atomic mass is 10.0. The number of unbranched alkanes of at least 4 members (excludes halogenated alkanes) is 7. The molecule has 0 aliphatic carbocycles. The molecule has 0 saturated carbocycles. The van der Waals surface area contributed by atoms with Gasteiger partial charge in [0.15, 0.2) is 0 Å². The van der Waals surface area contributed by atoms with Gasteiger partial charge in [-0.2, -0.15) is 0 Å². The van der Waals surface area contributed by atoms with E-state index in [-0.39, 0.29) is 5.75 Å². The molecule has 0 aliphatic rings. The van der Waals surface area contributed by atoms with E-state index in [0.717, 1.165) is 29.6 Å². The quantitative estimate of drug-likeness (QED) is 0.323. The Kier molecular flexibility index (Phi) is 8.54. The van der Waals surface area contributed by atoms with E-state index in [2.05, 4.69) is 24.0 Å². The van der Waals surface area contributed by atoms with Crippen LogP contribution in [0, 0.1) is 0 Å². The van der Waals surface area contributed by atoms with Gasteiger partial charge in [0.1, 0.15) is 28.2 Å². The van der Waals surface area contributed by atoms with Crippen molar-refractivity contribution in [3.05, 3.63) is 42.0 Å². The van der Waals surface area contributed by atoms with Crippen LogP contribution in [-0.2, 0) is 6.42 Å². The summed E-state index contributed by atoms with van der Waals surface area (Å²) in [6.07, 6.45) is 12.4. The third-order valence-electron chi connectivity index (χ3n) is 5.40. The van der Waals surface area contributed by atoms with Crippen LogP contribution in [0.4, 0.5) is 0 Å². The minimum atomic E-state index is 0.192. The lowest BCUT2D eigenvalue weighted by molar-refractivity contribution is 0.318. The minimum Gasteiger partial charge on any atom is -0.506 e. The topological polar surface area (TPSA) is 60.2 Å². The van der Waals surface area contributed by atoms with Crippen molar-refractivity contribution in [3.8, 4) is 17.2 Å². The fourth-order valence-electron chi connectivity index (χ4n) is 3.66. The molecule has 5 heteroatoms. The lowest BCUT2D eigenvalue weighted by Crippen LogP contribution is -2.00. The van der Waals surface area contributed by atoms with Gasteiger partial charge in [-0.1, -0.05) is 64.9 Å². The molecule has 0 aliphatic heterocycles. The molecular formula is C25H35N3O2. The summed E-state index contributed by atoms with van der Waals surface area (Å²) < 4.78 is 5.69. The van der Waals surface area contributed by atoms with Crippen molar-refractivity contribution >= 4 is 11.0 Å². The monoisotopic (exact) mass is 409 g/mol. The van der Waals surface area contributed by atoms with Gasteiger partial charge >= 0.3 is 0 Å². The van der Waals surface area contributed by atoms with Crippen molar-refractivity contribution in [1.29, 1.82) is 0 Å². The molecule has 5 nitrogen and oxygen atoms in total. The third kappa shape index (κ3) is 6.22. The van der Waals surface area contributed by atoms with Crippen LogP contribution in [0.25, 0.3) is 16.7 Å². The highest BCUT2D eigenvalue weighted by molar-refractivity contribution is 5.75. The third-order valence-corrected chi connectivity index (χ3v) is 5.40. The van der Waals surface area contributed by atoms with Crippen LogP contribution >= 0.6 is 0 Å². The van der Waals surface area contributed by atoms with Crippen LogP contribution < -0.4 is 4.74 Å². The van der Waals surface area contributed by atoms with Gasteiger partial charge < -0.3 is 9.84 Å². The first-order valence-electron chi connectivity index (χ1n) is 11.5. The van der Waals surface area contributed by atoms with Crippen LogP contribution in [0.15, 0.2) is 36.4 Å². The number of rotatable bonds is 13. The van der Waals surface area contributed by atoms with Gasteiger partial charge in [-0.15, -0.1) is 15.0 Å². The number of hydrogen-bond acceptors (Lipinski definition) is 4. The molecule has 1 heterocycles. The predicted molar refractivity (Wildman–Crippen MR) is 123 cm³/mol. The van der Waals surface area contributed by atoms with E-state index in [9.17, 15) is 5.11 Å². The van der Waals surface area contributed by atoms with Crippen LogP contribution in [0.3, 0.4) is 0 Å². The zero-order valence-corrected chi connectivity index (χ0v) is 18.4. The van der Waals surface area contributed by atoms with E-state index in [4.69, 9.17) is 4.74 Å². The molecule has 0 saturated heterocycles. The number of aromatic nitrogens is 3.